The lowest BCUT2D eigenvalue weighted by Crippen LogP contribution is -2.30. The summed E-state index contributed by atoms with van der Waals surface area (Å²) in [5.74, 6) is -0.931. The summed E-state index contributed by atoms with van der Waals surface area (Å²) >= 11 is 0. The van der Waals surface area contributed by atoms with E-state index >= 15 is 0 Å². The Morgan fingerprint density at radius 1 is 0.357 bits per heavy atom. The topological polar surface area (TPSA) is 78.9 Å². The molecule has 0 aromatic rings. The first-order chi connectivity index (χ1) is 27.5. The predicted octanol–water partition coefficient (Wildman–Crippen LogP) is 14.9. The molecule has 0 spiro atoms. The van der Waals surface area contributed by atoms with Crippen LogP contribution in [0.3, 0.4) is 0 Å². The number of carbonyl (C=O) groups excluding carboxylic acids is 3. The highest BCUT2D eigenvalue weighted by Crippen LogP contribution is 2.13. The first-order valence-electron chi connectivity index (χ1n) is 23.3. The highest BCUT2D eigenvalue weighted by Gasteiger charge is 2.19. The van der Waals surface area contributed by atoms with Gasteiger partial charge in [0.2, 0.25) is 0 Å². The molecule has 1 unspecified atom stereocenters. The highest BCUT2D eigenvalue weighted by atomic mass is 16.6. The standard InChI is InChI=1S/C50H86O6/c1-4-7-10-13-16-19-22-24-26-28-31-34-37-40-43-49(52)55-46-47(45-54-48(51)42-39-36-33-30-21-18-15-12-9-6-3)56-50(53)44-41-38-35-32-29-27-25-23-20-17-14-11-8-5-2/h12-17,22-25,47H,4-11,18-21,26-46H2,1-3H3/b15-12-,16-13-,17-14-,24-22-,25-23-. The van der Waals surface area contributed by atoms with Gasteiger partial charge in [-0.05, 0) is 89.9 Å². The van der Waals surface area contributed by atoms with Crippen molar-refractivity contribution in [2.75, 3.05) is 13.2 Å². The second kappa shape index (κ2) is 44.8. The van der Waals surface area contributed by atoms with E-state index in [9.17, 15) is 14.4 Å². The molecule has 0 aliphatic carbocycles. The zero-order valence-corrected chi connectivity index (χ0v) is 36.6. The average Bonchev–Trinajstić information content (AvgIpc) is 3.19. The summed E-state index contributed by atoms with van der Waals surface area (Å²) in [4.78, 5) is 37.7. The van der Waals surface area contributed by atoms with E-state index < -0.39 is 6.10 Å². The average molecular weight is 783 g/mol. The molecule has 0 aromatic heterocycles. The quantitative estimate of drug-likeness (QED) is 0.0266. The minimum Gasteiger partial charge on any atom is -0.462 e. The summed E-state index contributed by atoms with van der Waals surface area (Å²) in [5, 5.41) is 0. The lowest BCUT2D eigenvalue weighted by atomic mass is 10.1. The monoisotopic (exact) mass is 783 g/mol. The normalized spacial score (nSPS) is 12.6. The van der Waals surface area contributed by atoms with Crippen molar-refractivity contribution >= 4 is 17.9 Å². The van der Waals surface area contributed by atoms with Gasteiger partial charge in [-0.1, -0.05) is 171 Å². The first-order valence-corrected chi connectivity index (χ1v) is 23.3. The number of rotatable bonds is 41. The van der Waals surface area contributed by atoms with Gasteiger partial charge in [0.05, 0.1) is 0 Å². The van der Waals surface area contributed by atoms with Crippen LogP contribution >= 0.6 is 0 Å². The van der Waals surface area contributed by atoms with Gasteiger partial charge in [-0.2, -0.15) is 0 Å². The van der Waals surface area contributed by atoms with Crippen molar-refractivity contribution in [2.45, 2.75) is 226 Å². The molecule has 0 rings (SSSR count). The fourth-order valence-corrected chi connectivity index (χ4v) is 6.12. The van der Waals surface area contributed by atoms with Crippen molar-refractivity contribution in [2.24, 2.45) is 0 Å². The minimum absolute atomic E-state index is 0.0897. The van der Waals surface area contributed by atoms with Crippen molar-refractivity contribution < 1.29 is 28.6 Å². The van der Waals surface area contributed by atoms with Gasteiger partial charge in [-0.15, -0.1) is 0 Å². The largest absolute Gasteiger partial charge is 0.462 e. The molecular weight excluding hydrogens is 697 g/mol. The summed E-state index contributed by atoms with van der Waals surface area (Å²) in [6, 6.07) is 0. The highest BCUT2D eigenvalue weighted by molar-refractivity contribution is 5.71. The van der Waals surface area contributed by atoms with Gasteiger partial charge in [0, 0.05) is 19.3 Å². The number of allylic oxidation sites excluding steroid dienone is 10. The van der Waals surface area contributed by atoms with Gasteiger partial charge in [0.15, 0.2) is 6.10 Å². The molecule has 0 heterocycles. The molecule has 0 radical (unpaired) electrons. The summed E-state index contributed by atoms with van der Waals surface area (Å²) in [6.45, 7) is 6.45. The Balaban J connectivity index is 4.43. The van der Waals surface area contributed by atoms with Crippen molar-refractivity contribution in [3.05, 3.63) is 60.8 Å². The van der Waals surface area contributed by atoms with Crippen molar-refractivity contribution in [1.29, 1.82) is 0 Å². The summed E-state index contributed by atoms with van der Waals surface area (Å²) in [7, 11) is 0. The van der Waals surface area contributed by atoms with Crippen molar-refractivity contribution in [3.8, 4) is 0 Å². The zero-order chi connectivity index (χ0) is 40.8. The first kappa shape index (κ1) is 53.1. The van der Waals surface area contributed by atoms with Crippen LogP contribution in [-0.4, -0.2) is 37.2 Å². The molecular formula is C50H86O6. The molecule has 0 aliphatic heterocycles. The Labute approximate surface area is 345 Å². The minimum atomic E-state index is -0.788. The molecule has 56 heavy (non-hydrogen) atoms. The van der Waals surface area contributed by atoms with Crippen molar-refractivity contribution in [3.63, 3.8) is 0 Å². The summed E-state index contributed by atoms with van der Waals surface area (Å²) in [6.07, 6.45) is 53.4. The smallest absolute Gasteiger partial charge is 0.306 e. The summed E-state index contributed by atoms with van der Waals surface area (Å²) in [5.41, 5.74) is 0. The molecule has 6 nitrogen and oxygen atoms in total. The molecule has 0 N–H and O–H groups in total. The third-order valence-corrected chi connectivity index (χ3v) is 9.70. The Morgan fingerprint density at radius 2 is 0.679 bits per heavy atom. The van der Waals surface area contributed by atoms with Crippen LogP contribution in [0.15, 0.2) is 60.8 Å². The molecule has 0 fully saturated rings. The Kier molecular flexibility index (Phi) is 42.5. The third kappa shape index (κ3) is 42.3. The molecule has 0 saturated heterocycles. The Morgan fingerprint density at radius 3 is 1.07 bits per heavy atom. The molecule has 322 valence electrons. The number of unbranched alkanes of at least 4 members (excludes halogenated alkanes) is 20. The van der Waals surface area contributed by atoms with E-state index in [1.165, 1.54) is 64.2 Å². The van der Waals surface area contributed by atoms with Crippen LogP contribution in [0, 0.1) is 0 Å². The number of esters is 3. The predicted molar refractivity (Wildman–Crippen MR) is 238 cm³/mol. The molecule has 0 saturated carbocycles. The maximum atomic E-state index is 12.7. The van der Waals surface area contributed by atoms with E-state index in [0.29, 0.717) is 19.3 Å². The van der Waals surface area contributed by atoms with Gasteiger partial charge in [-0.25, -0.2) is 0 Å². The van der Waals surface area contributed by atoms with E-state index in [1.807, 2.05) is 0 Å². The third-order valence-electron chi connectivity index (χ3n) is 9.70. The van der Waals surface area contributed by atoms with E-state index in [-0.39, 0.29) is 31.1 Å². The number of ether oxygens (including phenoxy) is 3. The molecule has 0 aliphatic rings. The van der Waals surface area contributed by atoms with Gasteiger partial charge >= 0.3 is 17.9 Å². The maximum Gasteiger partial charge on any atom is 0.306 e. The summed E-state index contributed by atoms with van der Waals surface area (Å²) < 4.78 is 16.7. The molecule has 6 heteroatoms. The molecule has 0 amide bonds. The van der Waals surface area contributed by atoms with Crippen LogP contribution in [0.4, 0.5) is 0 Å². The molecule has 1 atom stereocenters. The molecule has 0 bridgehead atoms. The van der Waals surface area contributed by atoms with E-state index in [0.717, 1.165) is 116 Å². The van der Waals surface area contributed by atoms with Gasteiger partial charge in [0.25, 0.3) is 0 Å². The number of hydrogen-bond donors (Lipinski definition) is 0. The van der Waals surface area contributed by atoms with Crippen LogP contribution in [0.25, 0.3) is 0 Å². The second-order valence-electron chi connectivity index (χ2n) is 15.3. The zero-order valence-electron chi connectivity index (χ0n) is 36.6. The van der Waals surface area contributed by atoms with Crippen LogP contribution in [0.2, 0.25) is 0 Å². The van der Waals surface area contributed by atoms with Crippen molar-refractivity contribution in [1.82, 2.24) is 0 Å². The Bertz CT molecular complexity index is 1040. The van der Waals surface area contributed by atoms with E-state index in [2.05, 4.69) is 81.5 Å². The fraction of sp³-hybridized carbons (Fsp3) is 0.740. The second-order valence-corrected chi connectivity index (χ2v) is 15.3. The van der Waals surface area contributed by atoms with E-state index in [4.69, 9.17) is 14.2 Å². The fourth-order valence-electron chi connectivity index (χ4n) is 6.12. The van der Waals surface area contributed by atoms with Crippen LogP contribution in [0.5, 0.6) is 0 Å². The number of hydrogen-bond acceptors (Lipinski definition) is 6. The molecule has 0 aromatic carbocycles. The Hall–Kier alpha value is -2.89. The number of carbonyl (C=O) groups is 3. The SMILES string of the molecule is CCC/C=C\CCCCCCCC(=O)OCC(COC(=O)CCCCCCC/C=C\C/C=C\CCCC)OC(=O)CCCCCCC/C=C\C/C=C\CCCC. The lowest BCUT2D eigenvalue weighted by molar-refractivity contribution is -0.167. The van der Waals surface area contributed by atoms with Crippen LogP contribution in [-0.2, 0) is 28.6 Å². The maximum absolute atomic E-state index is 12.7. The van der Waals surface area contributed by atoms with Gasteiger partial charge in [0.1, 0.15) is 13.2 Å². The van der Waals surface area contributed by atoms with Gasteiger partial charge in [-0.3, -0.25) is 14.4 Å². The lowest BCUT2D eigenvalue weighted by Gasteiger charge is -2.18. The van der Waals surface area contributed by atoms with Crippen LogP contribution in [0.1, 0.15) is 220 Å². The van der Waals surface area contributed by atoms with Gasteiger partial charge < -0.3 is 14.2 Å². The van der Waals surface area contributed by atoms with Crippen LogP contribution < -0.4 is 0 Å². The van der Waals surface area contributed by atoms with E-state index in [1.54, 1.807) is 0 Å².